The van der Waals surface area contributed by atoms with Crippen molar-refractivity contribution < 1.29 is 15.0 Å². The summed E-state index contributed by atoms with van der Waals surface area (Å²) in [6, 6.07) is 0.468. The highest BCUT2D eigenvalue weighted by Crippen LogP contribution is 2.29. The molecule has 3 heterocycles. The van der Waals surface area contributed by atoms with E-state index in [9.17, 15) is 14.7 Å². The molecular weight excluding hydrogens is 350 g/mol. The second-order valence-corrected chi connectivity index (χ2v) is 6.80. The van der Waals surface area contributed by atoms with Gasteiger partial charge in [0.2, 0.25) is 0 Å². The number of anilines is 1. The van der Waals surface area contributed by atoms with Crippen LogP contribution in [0, 0.1) is 0 Å². The van der Waals surface area contributed by atoms with E-state index in [2.05, 4.69) is 38.8 Å². The van der Waals surface area contributed by atoms with E-state index in [1.54, 1.807) is 13.1 Å². The van der Waals surface area contributed by atoms with Gasteiger partial charge in [-0.25, -0.2) is 14.8 Å². The van der Waals surface area contributed by atoms with E-state index in [0.717, 1.165) is 25.3 Å². The molecule has 1 fully saturated rings. The SMILES string of the molecule is CCc1c(-c2cnc(N3CCC(N(C)C)C3)cn2)[nH]c(=O)c(C(=O)O)c1O. The monoisotopic (exact) mass is 373 g/mol. The van der Waals surface area contributed by atoms with Crippen LogP contribution in [0.2, 0.25) is 0 Å². The van der Waals surface area contributed by atoms with Crippen molar-refractivity contribution in [1.29, 1.82) is 0 Å². The lowest BCUT2D eigenvalue weighted by molar-refractivity contribution is 0.0691. The summed E-state index contributed by atoms with van der Waals surface area (Å²) >= 11 is 0. The summed E-state index contributed by atoms with van der Waals surface area (Å²) in [5.41, 5.74) is -0.541. The summed E-state index contributed by atoms with van der Waals surface area (Å²) in [7, 11) is 4.11. The molecule has 9 heteroatoms. The van der Waals surface area contributed by atoms with Gasteiger partial charge in [-0.3, -0.25) is 4.79 Å². The molecule has 0 saturated carbocycles. The summed E-state index contributed by atoms with van der Waals surface area (Å²) in [6.07, 6.45) is 4.54. The van der Waals surface area contributed by atoms with Crippen LogP contribution in [-0.4, -0.2) is 69.3 Å². The molecule has 2 aromatic rings. The Morgan fingerprint density at radius 3 is 2.63 bits per heavy atom. The molecule has 9 nitrogen and oxygen atoms in total. The molecule has 2 aromatic heterocycles. The molecule has 1 aliphatic rings. The van der Waals surface area contributed by atoms with E-state index in [-0.39, 0.29) is 5.69 Å². The van der Waals surface area contributed by atoms with Gasteiger partial charge in [0.15, 0.2) is 5.56 Å². The fraction of sp³-hybridized carbons (Fsp3) is 0.444. The van der Waals surface area contributed by atoms with Crippen LogP contribution in [0.4, 0.5) is 5.82 Å². The number of H-pyrrole nitrogens is 1. The van der Waals surface area contributed by atoms with Crippen LogP contribution in [0.25, 0.3) is 11.4 Å². The topological polar surface area (TPSA) is 123 Å². The minimum atomic E-state index is -1.47. The first-order chi connectivity index (χ1) is 12.8. The van der Waals surface area contributed by atoms with Crippen molar-refractivity contribution in [3.63, 3.8) is 0 Å². The van der Waals surface area contributed by atoms with Gasteiger partial charge in [-0.2, -0.15) is 0 Å². The zero-order chi connectivity index (χ0) is 19.7. The van der Waals surface area contributed by atoms with E-state index in [0.29, 0.717) is 23.7 Å². The minimum absolute atomic E-state index is 0.289. The zero-order valence-electron chi connectivity index (χ0n) is 15.6. The standard InChI is InChI=1S/C18H23N5O4/c1-4-11-15(21-17(25)14(16(11)24)18(26)27)12-7-20-13(8-19-12)23-6-5-10(9-23)22(2)3/h7-8,10H,4-6,9H2,1-3H3,(H,26,27)(H2,21,24,25). The first-order valence-corrected chi connectivity index (χ1v) is 8.78. The molecule has 144 valence electrons. The molecule has 0 spiro atoms. The van der Waals surface area contributed by atoms with Crippen molar-refractivity contribution in [1.82, 2.24) is 19.9 Å². The molecule has 1 unspecified atom stereocenters. The van der Waals surface area contributed by atoms with Crippen molar-refractivity contribution in [2.75, 3.05) is 32.1 Å². The van der Waals surface area contributed by atoms with Gasteiger partial charge in [-0.05, 0) is 26.9 Å². The first-order valence-electron chi connectivity index (χ1n) is 8.78. The number of hydrogen-bond acceptors (Lipinski definition) is 7. The Kier molecular flexibility index (Phi) is 5.13. The van der Waals surface area contributed by atoms with E-state index >= 15 is 0 Å². The fourth-order valence-electron chi connectivity index (χ4n) is 3.37. The highest BCUT2D eigenvalue weighted by atomic mass is 16.4. The number of carboxylic acids is 1. The van der Waals surface area contributed by atoms with Gasteiger partial charge in [-0.1, -0.05) is 6.92 Å². The average Bonchev–Trinajstić information content (AvgIpc) is 3.11. The van der Waals surface area contributed by atoms with Crippen LogP contribution in [-0.2, 0) is 6.42 Å². The van der Waals surface area contributed by atoms with Crippen LogP contribution in [0.1, 0.15) is 29.3 Å². The highest BCUT2D eigenvalue weighted by molar-refractivity contribution is 5.91. The maximum Gasteiger partial charge on any atom is 0.345 e. The Balaban J connectivity index is 1.94. The number of aromatic hydroxyl groups is 1. The van der Waals surface area contributed by atoms with Gasteiger partial charge in [0.25, 0.3) is 5.56 Å². The predicted octanol–water partition coefficient (Wildman–Crippen LogP) is 0.938. The van der Waals surface area contributed by atoms with Crippen LogP contribution < -0.4 is 10.5 Å². The number of nitrogens with one attached hydrogen (secondary N) is 1. The normalized spacial score (nSPS) is 16.9. The smallest absolute Gasteiger partial charge is 0.345 e. The molecule has 1 aliphatic heterocycles. The number of likely N-dealkylation sites (N-methyl/N-ethyl adjacent to an activating group) is 1. The van der Waals surface area contributed by atoms with Crippen LogP contribution >= 0.6 is 0 Å². The van der Waals surface area contributed by atoms with Crippen molar-refractivity contribution >= 4 is 11.8 Å². The molecule has 3 N–H and O–H groups in total. The molecule has 27 heavy (non-hydrogen) atoms. The van der Waals surface area contributed by atoms with Gasteiger partial charge in [0.1, 0.15) is 17.3 Å². The Bertz CT molecular complexity index is 907. The maximum atomic E-state index is 12.1. The molecule has 1 atom stereocenters. The number of nitrogens with zero attached hydrogens (tertiary/aromatic N) is 4. The molecule has 0 aromatic carbocycles. The number of aromatic nitrogens is 3. The Labute approximate surface area is 156 Å². The van der Waals surface area contributed by atoms with Gasteiger partial charge in [-0.15, -0.1) is 0 Å². The second kappa shape index (κ2) is 7.36. The lowest BCUT2D eigenvalue weighted by Crippen LogP contribution is -2.31. The van der Waals surface area contributed by atoms with Crippen LogP contribution in [0.15, 0.2) is 17.2 Å². The Morgan fingerprint density at radius 2 is 2.11 bits per heavy atom. The summed E-state index contributed by atoms with van der Waals surface area (Å²) in [4.78, 5) is 39.0. The maximum absolute atomic E-state index is 12.1. The van der Waals surface area contributed by atoms with Gasteiger partial charge < -0.3 is 25.0 Å². The van der Waals surface area contributed by atoms with E-state index < -0.39 is 22.8 Å². The third kappa shape index (κ3) is 3.50. The number of rotatable bonds is 5. The Hall–Kier alpha value is -2.94. The molecule has 0 amide bonds. The Morgan fingerprint density at radius 1 is 1.37 bits per heavy atom. The third-order valence-electron chi connectivity index (χ3n) is 4.97. The molecule has 0 bridgehead atoms. The average molecular weight is 373 g/mol. The number of hydrogen-bond donors (Lipinski definition) is 3. The number of aromatic carboxylic acids is 1. The molecule has 1 saturated heterocycles. The first kappa shape index (κ1) is 18.8. The molecule has 3 rings (SSSR count). The summed E-state index contributed by atoms with van der Waals surface area (Å²) in [5.74, 6) is -1.25. The predicted molar refractivity (Wildman–Crippen MR) is 100 cm³/mol. The number of carbonyl (C=O) groups is 1. The molecule has 0 radical (unpaired) electrons. The minimum Gasteiger partial charge on any atom is -0.506 e. The largest absolute Gasteiger partial charge is 0.506 e. The number of pyridine rings is 1. The van der Waals surface area contributed by atoms with E-state index in [1.807, 2.05) is 0 Å². The van der Waals surface area contributed by atoms with Gasteiger partial charge in [0.05, 0.1) is 18.1 Å². The lowest BCUT2D eigenvalue weighted by Gasteiger charge is -2.21. The van der Waals surface area contributed by atoms with Crippen molar-refractivity contribution in [3.05, 3.63) is 33.9 Å². The summed E-state index contributed by atoms with van der Waals surface area (Å²) < 4.78 is 0. The van der Waals surface area contributed by atoms with E-state index in [4.69, 9.17) is 5.11 Å². The van der Waals surface area contributed by atoms with Crippen LogP contribution in [0.5, 0.6) is 5.75 Å². The molecule has 0 aliphatic carbocycles. The second-order valence-electron chi connectivity index (χ2n) is 6.80. The zero-order valence-corrected chi connectivity index (χ0v) is 15.6. The van der Waals surface area contributed by atoms with Crippen LogP contribution in [0.3, 0.4) is 0 Å². The highest BCUT2D eigenvalue weighted by Gasteiger charge is 2.26. The number of aromatic amines is 1. The third-order valence-corrected chi connectivity index (χ3v) is 4.97. The van der Waals surface area contributed by atoms with Crippen molar-refractivity contribution in [3.8, 4) is 17.1 Å². The van der Waals surface area contributed by atoms with Crippen molar-refractivity contribution in [2.45, 2.75) is 25.8 Å². The molecular formula is C18H23N5O4. The summed E-state index contributed by atoms with van der Waals surface area (Å²) in [6.45, 7) is 3.52. The quantitative estimate of drug-likeness (QED) is 0.708. The lowest BCUT2D eigenvalue weighted by atomic mass is 10.0. The van der Waals surface area contributed by atoms with Gasteiger partial charge >= 0.3 is 5.97 Å². The fourth-order valence-corrected chi connectivity index (χ4v) is 3.37. The van der Waals surface area contributed by atoms with E-state index in [1.165, 1.54) is 6.20 Å². The number of carboxylic acid groups (broad SMARTS) is 1. The van der Waals surface area contributed by atoms with Gasteiger partial charge in [0, 0.05) is 24.7 Å². The summed E-state index contributed by atoms with van der Waals surface area (Å²) in [5, 5.41) is 19.4. The van der Waals surface area contributed by atoms with Crippen molar-refractivity contribution in [2.24, 2.45) is 0 Å².